The Morgan fingerprint density at radius 3 is 2.12 bits per heavy atom. The van der Waals surface area contributed by atoms with E-state index in [2.05, 4.69) is 10.3 Å². The van der Waals surface area contributed by atoms with Gasteiger partial charge in [-0.05, 0) is 51.5 Å². The number of pyridine rings is 1. The molecule has 0 spiro atoms. The molecule has 2 heterocycles. The third kappa shape index (κ3) is 9.31. The van der Waals surface area contributed by atoms with Gasteiger partial charge < -0.3 is 25.0 Å². The van der Waals surface area contributed by atoms with E-state index in [1.165, 1.54) is 21.6 Å². The maximum atomic E-state index is 13.7. The lowest BCUT2D eigenvalue weighted by Crippen LogP contribution is -2.55. The van der Waals surface area contributed by atoms with E-state index in [0.29, 0.717) is 5.69 Å². The highest BCUT2D eigenvalue weighted by Crippen LogP contribution is 2.31. The van der Waals surface area contributed by atoms with Gasteiger partial charge in [-0.1, -0.05) is 60.3 Å². The summed E-state index contributed by atoms with van der Waals surface area (Å²) < 4.78 is 5.42. The van der Waals surface area contributed by atoms with Gasteiger partial charge >= 0.3 is 12.1 Å². The summed E-state index contributed by atoms with van der Waals surface area (Å²) >= 11 is 1.49. The number of carbonyl (C=O) groups is 4. The lowest BCUT2D eigenvalue weighted by Gasteiger charge is -2.35. The van der Waals surface area contributed by atoms with Crippen LogP contribution in [0.25, 0.3) is 11.3 Å². The summed E-state index contributed by atoms with van der Waals surface area (Å²) in [5, 5.41) is 12.1. The number of aromatic nitrogens is 1. The molecule has 43 heavy (non-hydrogen) atoms. The second kappa shape index (κ2) is 14.2. The Hall–Kier alpha value is -4.38. The van der Waals surface area contributed by atoms with Crippen LogP contribution in [0.3, 0.4) is 0 Å². The van der Waals surface area contributed by atoms with Gasteiger partial charge in [0.05, 0.1) is 5.69 Å². The number of esters is 1. The minimum atomic E-state index is -1.05. The number of piperazine rings is 1. The zero-order chi connectivity index (χ0) is 31.0. The Labute approximate surface area is 255 Å². The third-order valence-corrected chi connectivity index (χ3v) is 7.58. The molecule has 10 nitrogen and oxygen atoms in total. The summed E-state index contributed by atoms with van der Waals surface area (Å²) in [6.07, 6.45) is -1.12. The van der Waals surface area contributed by atoms with Crippen molar-refractivity contribution in [2.24, 2.45) is 0 Å². The summed E-state index contributed by atoms with van der Waals surface area (Å²) in [5.41, 5.74) is 0.876. The molecule has 1 aromatic heterocycles. The average Bonchev–Trinajstić information content (AvgIpc) is 2.98. The van der Waals surface area contributed by atoms with Crippen molar-refractivity contribution in [3.05, 3.63) is 78.5 Å². The predicted molar refractivity (Wildman–Crippen MR) is 163 cm³/mol. The molecule has 2 N–H and O–H groups in total. The summed E-state index contributed by atoms with van der Waals surface area (Å²) in [4.78, 5) is 60.3. The molecule has 4 rings (SSSR count). The Balaban J connectivity index is 1.59. The van der Waals surface area contributed by atoms with Crippen molar-refractivity contribution in [3.63, 3.8) is 0 Å². The predicted octanol–water partition coefficient (Wildman–Crippen LogP) is 4.94. The van der Waals surface area contributed by atoms with Crippen molar-refractivity contribution in [1.82, 2.24) is 20.1 Å². The number of carboxylic acid groups (broad SMARTS) is 1. The Morgan fingerprint density at radius 1 is 0.907 bits per heavy atom. The largest absolute Gasteiger partial charge is 0.465 e. The molecule has 1 aliphatic heterocycles. The molecule has 0 bridgehead atoms. The summed E-state index contributed by atoms with van der Waals surface area (Å²) in [6, 6.07) is 21.8. The molecule has 0 radical (unpaired) electrons. The van der Waals surface area contributed by atoms with Crippen LogP contribution in [0.2, 0.25) is 0 Å². The Morgan fingerprint density at radius 2 is 1.51 bits per heavy atom. The van der Waals surface area contributed by atoms with Crippen LogP contribution >= 0.6 is 11.8 Å². The normalized spacial score (nSPS) is 14.1. The number of hydrogen-bond donors (Lipinski definition) is 2. The van der Waals surface area contributed by atoms with E-state index in [-0.39, 0.29) is 50.6 Å². The highest BCUT2D eigenvalue weighted by molar-refractivity contribution is 7.99. The van der Waals surface area contributed by atoms with Gasteiger partial charge in [0.15, 0.2) is 0 Å². The molecule has 0 saturated carbocycles. The molecule has 1 aliphatic rings. The van der Waals surface area contributed by atoms with Gasteiger partial charge in [0, 0.05) is 48.0 Å². The third-order valence-electron chi connectivity index (χ3n) is 6.60. The number of ether oxygens (including phenoxy) is 1. The zero-order valence-corrected chi connectivity index (χ0v) is 25.3. The molecular formula is C32H36N4O6S. The monoisotopic (exact) mass is 604 g/mol. The number of benzene rings is 2. The maximum Gasteiger partial charge on any atom is 0.407 e. The van der Waals surface area contributed by atoms with Crippen molar-refractivity contribution in [2.75, 3.05) is 26.2 Å². The number of nitrogens with one attached hydrogen (secondary N) is 1. The lowest BCUT2D eigenvalue weighted by molar-refractivity contribution is -0.155. The number of rotatable bonds is 9. The van der Waals surface area contributed by atoms with Gasteiger partial charge in [0.1, 0.15) is 17.3 Å². The molecule has 3 amide bonds. The highest BCUT2D eigenvalue weighted by Gasteiger charge is 2.31. The van der Waals surface area contributed by atoms with E-state index >= 15 is 0 Å². The van der Waals surface area contributed by atoms with Crippen LogP contribution in [0.15, 0.2) is 82.6 Å². The van der Waals surface area contributed by atoms with Gasteiger partial charge in [-0.25, -0.2) is 9.78 Å². The van der Waals surface area contributed by atoms with Gasteiger partial charge in [-0.3, -0.25) is 14.4 Å². The lowest BCUT2D eigenvalue weighted by atomic mass is 10.1. The molecule has 3 aromatic rings. The molecule has 2 aromatic carbocycles. The van der Waals surface area contributed by atoms with Crippen molar-refractivity contribution in [3.8, 4) is 11.3 Å². The molecule has 1 fully saturated rings. The van der Waals surface area contributed by atoms with Crippen LogP contribution in [-0.2, 0) is 14.3 Å². The standard InChI is InChI=1S/C32H36N4O6S/c1-32(2,3)42-28(37)15-14-25(30(39)35-16-18-36(19-17-35)31(40)41)34-29(38)27-21-24(43-23-12-8-5-9-13-23)20-26(33-27)22-10-6-4-7-11-22/h4-13,20-21,25H,14-19H2,1-3H3,(H,34,38)(H,40,41)/t25-/m0/s1. The van der Waals surface area contributed by atoms with Gasteiger partial charge in [0.25, 0.3) is 5.91 Å². The topological polar surface area (TPSA) is 129 Å². The number of hydrogen-bond acceptors (Lipinski definition) is 7. The number of carbonyl (C=O) groups excluding carboxylic acids is 3. The van der Waals surface area contributed by atoms with E-state index in [1.54, 1.807) is 26.8 Å². The van der Waals surface area contributed by atoms with Crippen molar-refractivity contribution >= 4 is 35.6 Å². The van der Waals surface area contributed by atoms with Crippen molar-refractivity contribution < 1.29 is 29.0 Å². The minimum Gasteiger partial charge on any atom is -0.465 e. The van der Waals surface area contributed by atoms with Crippen LogP contribution in [0.4, 0.5) is 4.79 Å². The van der Waals surface area contributed by atoms with Crippen LogP contribution in [0.1, 0.15) is 44.1 Å². The van der Waals surface area contributed by atoms with E-state index in [0.717, 1.165) is 15.4 Å². The summed E-state index contributed by atoms with van der Waals surface area (Å²) in [7, 11) is 0. The van der Waals surface area contributed by atoms with Gasteiger partial charge in [-0.15, -0.1) is 0 Å². The first kappa shape index (κ1) is 31.6. The first-order valence-electron chi connectivity index (χ1n) is 14.1. The van der Waals surface area contributed by atoms with E-state index in [1.807, 2.05) is 66.7 Å². The SMILES string of the molecule is CC(C)(C)OC(=O)CC[C@H](NC(=O)c1cc(Sc2ccccc2)cc(-c2ccccc2)n1)C(=O)N1CCN(C(=O)O)CC1. The number of amides is 3. The maximum absolute atomic E-state index is 13.7. The first-order chi connectivity index (χ1) is 20.5. The Kier molecular flexibility index (Phi) is 10.4. The molecule has 226 valence electrons. The second-order valence-corrected chi connectivity index (χ2v) is 12.2. The molecule has 0 aliphatic carbocycles. The summed E-state index contributed by atoms with van der Waals surface area (Å²) in [6.45, 7) is 5.96. The fraction of sp³-hybridized carbons (Fsp3) is 0.344. The molecule has 1 atom stereocenters. The first-order valence-corrected chi connectivity index (χ1v) is 14.9. The quantitative estimate of drug-likeness (QED) is 0.329. The fourth-order valence-corrected chi connectivity index (χ4v) is 5.45. The fourth-order valence-electron chi connectivity index (χ4n) is 4.54. The Bertz CT molecular complexity index is 1440. The molecule has 11 heteroatoms. The van der Waals surface area contributed by atoms with Crippen LogP contribution in [0, 0.1) is 0 Å². The molecular weight excluding hydrogens is 568 g/mol. The smallest absolute Gasteiger partial charge is 0.407 e. The van der Waals surface area contributed by atoms with Gasteiger partial charge in [0.2, 0.25) is 5.91 Å². The zero-order valence-electron chi connectivity index (χ0n) is 24.5. The van der Waals surface area contributed by atoms with Crippen LogP contribution in [-0.4, -0.2) is 81.6 Å². The average molecular weight is 605 g/mol. The number of nitrogens with zero attached hydrogens (tertiary/aromatic N) is 3. The van der Waals surface area contributed by atoms with E-state index in [4.69, 9.17) is 4.74 Å². The molecule has 0 unspecified atom stereocenters. The van der Waals surface area contributed by atoms with E-state index in [9.17, 15) is 24.3 Å². The van der Waals surface area contributed by atoms with Crippen molar-refractivity contribution in [1.29, 1.82) is 0 Å². The summed E-state index contributed by atoms with van der Waals surface area (Å²) in [5.74, 6) is -1.43. The van der Waals surface area contributed by atoms with Crippen LogP contribution < -0.4 is 5.32 Å². The minimum absolute atomic E-state index is 0.0165. The molecule has 1 saturated heterocycles. The van der Waals surface area contributed by atoms with Crippen molar-refractivity contribution in [2.45, 2.75) is 55.0 Å². The van der Waals surface area contributed by atoms with E-state index < -0.39 is 29.6 Å². The van der Waals surface area contributed by atoms with Crippen LogP contribution in [0.5, 0.6) is 0 Å². The second-order valence-electron chi connectivity index (χ2n) is 11.1. The van der Waals surface area contributed by atoms with Gasteiger partial charge in [-0.2, -0.15) is 0 Å². The highest BCUT2D eigenvalue weighted by atomic mass is 32.2.